The molecule has 0 fully saturated rings. The largest absolute Gasteiger partial charge is 0.490 e. The van der Waals surface area contributed by atoms with Crippen molar-refractivity contribution in [2.24, 2.45) is 0 Å². The number of para-hydroxylation sites is 1. The number of ether oxygens (including phenoxy) is 2. The molecule has 3 rings (SSSR count). The molecule has 0 aliphatic carbocycles. The van der Waals surface area contributed by atoms with Crippen LogP contribution in [-0.2, 0) is 9.59 Å². The minimum absolute atomic E-state index is 0.0846. The summed E-state index contributed by atoms with van der Waals surface area (Å²) in [5.74, 6) is -0.694. The second-order valence-corrected chi connectivity index (χ2v) is 6.97. The van der Waals surface area contributed by atoms with E-state index in [1.807, 2.05) is 12.1 Å². The minimum Gasteiger partial charge on any atom is -0.490 e. The Morgan fingerprint density at radius 2 is 1.65 bits per heavy atom. The van der Waals surface area contributed by atoms with Crippen LogP contribution in [0, 0.1) is 17.1 Å². The number of carbonyl (C=O) groups excluding carboxylic acids is 2. The molecule has 0 atom stereocenters. The maximum absolute atomic E-state index is 13.0. The van der Waals surface area contributed by atoms with Gasteiger partial charge in [0.15, 0.2) is 18.1 Å². The van der Waals surface area contributed by atoms with Crippen LogP contribution in [0.1, 0.15) is 12.5 Å². The van der Waals surface area contributed by atoms with Crippen molar-refractivity contribution in [3.8, 4) is 17.6 Å². The first-order chi connectivity index (χ1) is 16.5. The molecule has 172 valence electrons. The highest BCUT2D eigenvalue weighted by atomic mass is 19.1. The molecule has 3 aromatic rings. The lowest BCUT2D eigenvalue weighted by Crippen LogP contribution is -2.20. The van der Waals surface area contributed by atoms with Crippen molar-refractivity contribution in [2.45, 2.75) is 6.92 Å². The standard InChI is InChI=1S/C26H22FN3O4/c1-2-33-24-15-18(14-19(16-28)26(32)30-21-6-4-3-5-7-21)8-13-23(24)34-17-25(31)29-22-11-9-20(27)10-12-22/h3-15H,2,17H2,1H3,(H,29,31)(H,30,32). The second-order valence-electron chi connectivity index (χ2n) is 6.97. The Labute approximate surface area is 196 Å². The molecule has 34 heavy (non-hydrogen) atoms. The average Bonchev–Trinajstić information content (AvgIpc) is 2.84. The summed E-state index contributed by atoms with van der Waals surface area (Å²) in [6, 6.07) is 20.9. The molecule has 3 aromatic carbocycles. The monoisotopic (exact) mass is 459 g/mol. The van der Waals surface area contributed by atoms with Gasteiger partial charge < -0.3 is 20.1 Å². The van der Waals surface area contributed by atoms with Crippen LogP contribution in [0.15, 0.2) is 78.4 Å². The minimum atomic E-state index is -0.538. The summed E-state index contributed by atoms with van der Waals surface area (Å²) in [4.78, 5) is 24.6. The van der Waals surface area contributed by atoms with Crippen molar-refractivity contribution in [3.05, 3.63) is 89.8 Å². The number of hydrogen-bond acceptors (Lipinski definition) is 5. The van der Waals surface area contributed by atoms with Gasteiger partial charge in [-0.1, -0.05) is 24.3 Å². The fraction of sp³-hybridized carbons (Fsp3) is 0.115. The molecule has 8 heteroatoms. The summed E-state index contributed by atoms with van der Waals surface area (Å²) < 4.78 is 24.2. The third-order valence-electron chi connectivity index (χ3n) is 4.46. The van der Waals surface area contributed by atoms with E-state index in [1.165, 1.54) is 30.3 Å². The summed E-state index contributed by atoms with van der Waals surface area (Å²) in [7, 11) is 0. The zero-order chi connectivity index (χ0) is 24.3. The van der Waals surface area contributed by atoms with Gasteiger partial charge in [-0.2, -0.15) is 5.26 Å². The molecular formula is C26H22FN3O4. The Morgan fingerprint density at radius 1 is 0.941 bits per heavy atom. The number of carbonyl (C=O) groups is 2. The Hall–Kier alpha value is -4.64. The first kappa shape index (κ1) is 24.0. The number of nitrogens with one attached hydrogen (secondary N) is 2. The van der Waals surface area contributed by atoms with Crippen LogP contribution in [0.4, 0.5) is 15.8 Å². The van der Waals surface area contributed by atoms with Gasteiger partial charge in [0.1, 0.15) is 17.5 Å². The van der Waals surface area contributed by atoms with E-state index < -0.39 is 17.6 Å². The van der Waals surface area contributed by atoms with Crippen LogP contribution >= 0.6 is 0 Å². The number of anilines is 2. The smallest absolute Gasteiger partial charge is 0.266 e. The molecule has 0 heterocycles. The third-order valence-corrected chi connectivity index (χ3v) is 4.46. The van der Waals surface area contributed by atoms with E-state index in [9.17, 15) is 19.2 Å². The Kier molecular flexibility index (Phi) is 8.36. The van der Waals surface area contributed by atoms with Crippen LogP contribution in [0.3, 0.4) is 0 Å². The molecule has 0 spiro atoms. The van der Waals surface area contributed by atoms with E-state index in [1.54, 1.807) is 49.4 Å². The van der Waals surface area contributed by atoms with Crippen LogP contribution in [0.25, 0.3) is 6.08 Å². The van der Waals surface area contributed by atoms with Gasteiger partial charge in [-0.25, -0.2) is 4.39 Å². The molecule has 0 unspecified atom stereocenters. The van der Waals surface area contributed by atoms with E-state index in [2.05, 4.69) is 10.6 Å². The molecule has 2 N–H and O–H groups in total. The van der Waals surface area contributed by atoms with E-state index >= 15 is 0 Å². The SMILES string of the molecule is CCOc1cc(C=C(C#N)C(=O)Nc2ccccc2)ccc1OCC(=O)Nc1ccc(F)cc1. The zero-order valence-corrected chi connectivity index (χ0v) is 18.4. The van der Waals surface area contributed by atoms with Crippen molar-refractivity contribution in [1.29, 1.82) is 5.26 Å². The summed E-state index contributed by atoms with van der Waals surface area (Å²) in [5.41, 5.74) is 1.48. The van der Waals surface area contributed by atoms with E-state index in [0.29, 0.717) is 35.0 Å². The van der Waals surface area contributed by atoms with E-state index in [-0.39, 0.29) is 12.2 Å². The fourth-order valence-corrected chi connectivity index (χ4v) is 2.91. The Balaban J connectivity index is 1.69. The Morgan fingerprint density at radius 3 is 2.32 bits per heavy atom. The predicted octanol–water partition coefficient (Wildman–Crippen LogP) is 4.79. The molecule has 0 bridgehead atoms. The third kappa shape index (κ3) is 6.93. The summed E-state index contributed by atoms with van der Waals surface area (Å²) in [5, 5.41) is 14.7. The van der Waals surface area contributed by atoms with E-state index in [0.717, 1.165) is 0 Å². The van der Waals surface area contributed by atoms with Gasteiger partial charge in [-0.15, -0.1) is 0 Å². The highest BCUT2D eigenvalue weighted by Crippen LogP contribution is 2.29. The summed E-state index contributed by atoms with van der Waals surface area (Å²) in [6.45, 7) is 1.84. The Bertz CT molecular complexity index is 1220. The molecule has 0 saturated carbocycles. The molecule has 7 nitrogen and oxygen atoms in total. The van der Waals surface area contributed by atoms with Crippen molar-refractivity contribution >= 4 is 29.3 Å². The topological polar surface area (TPSA) is 100 Å². The zero-order valence-electron chi connectivity index (χ0n) is 18.4. The fourth-order valence-electron chi connectivity index (χ4n) is 2.91. The van der Waals surface area contributed by atoms with Crippen LogP contribution in [-0.4, -0.2) is 25.0 Å². The molecule has 0 radical (unpaired) electrons. The number of nitriles is 1. The van der Waals surface area contributed by atoms with Gasteiger partial charge in [0.25, 0.3) is 11.8 Å². The first-order valence-electron chi connectivity index (χ1n) is 10.4. The summed E-state index contributed by atoms with van der Waals surface area (Å²) >= 11 is 0. The van der Waals surface area contributed by atoms with Crippen molar-refractivity contribution in [2.75, 3.05) is 23.8 Å². The molecule has 0 aliphatic rings. The van der Waals surface area contributed by atoms with Crippen LogP contribution < -0.4 is 20.1 Å². The van der Waals surface area contributed by atoms with Gasteiger partial charge in [0.2, 0.25) is 0 Å². The highest BCUT2D eigenvalue weighted by molar-refractivity contribution is 6.09. The van der Waals surface area contributed by atoms with Gasteiger partial charge in [0.05, 0.1) is 6.61 Å². The first-order valence-corrected chi connectivity index (χ1v) is 10.4. The van der Waals surface area contributed by atoms with Gasteiger partial charge in [0, 0.05) is 11.4 Å². The van der Waals surface area contributed by atoms with Crippen LogP contribution in [0.5, 0.6) is 11.5 Å². The van der Waals surface area contributed by atoms with Gasteiger partial charge >= 0.3 is 0 Å². The quantitative estimate of drug-likeness (QED) is 0.354. The lowest BCUT2D eigenvalue weighted by Gasteiger charge is -2.13. The normalized spacial score (nSPS) is 10.7. The molecule has 0 saturated heterocycles. The maximum atomic E-state index is 13.0. The molecule has 0 aliphatic heterocycles. The number of halogens is 1. The molecule has 2 amide bonds. The summed E-state index contributed by atoms with van der Waals surface area (Å²) in [6.07, 6.45) is 1.44. The van der Waals surface area contributed by atoms with Crippen molar-refractivity contribution in [1.82, 2.24) is 0 Å². The number of hydrogen-bond donors (Lipinski definition) is 2. The maximum Gasteiger partial charge on any atom is 0.266 e. The van der Waals surface area contributed by atoms with Crippen molar-refractivity contribution in [3.63, 3.8) is 0 Å². The van der Waals surface area contributed by atoms with Gasteiger partial charge in [-0.3, -0.25) is 9.59 Å². The predicted molar refractivity (Wildman–Crippen MR) is 127 cm³/mol. The lowest BCUT2D eigenvalue weighted by atomic mass is 10.1. The van der Waals surface area contributed by atoms with Crippen LogP contribution in [0.2, 0.25) is 0 Å². The van der Waals surface area contributed by atoms with Crippen molar-refractivity contribution < 1.29 is 23.5 Å². The lowest BCUT2D eigenvalue weighted by molar-refractivity contribution is -0.118. The number of rotatable bonds is 9. The van der Waals surface area contributed by atoms with E-state index in [4.69, 9.17) is 9.47 Å². The molecule has 0 aromatic heterocycles. The number of benzene rings is 3. The second kappa shape index (κ2) is 11.8. The number of amides is 2. The highest BCUT2D eigenvalue weighted by Gasteiger charge is 2.12. The van der Waals surface area contributed by atoms with Gasteiger partial charge in [-0.05, 0) is 67.1 Å². The number of nitrogens with zero attached hydrogens (tertiary/aromatic N) is 1. The average molecular weight is 459 g/mol. The molecular weight excluding hydrogens is 437 g/mol.